The summed E-state index contributed by atoms with van der Waals surface area (Å²) in [6.45, 7) is 1.04. The van der Waals surface area contributed by atoms with Crippen LogP contribution in [0.3, 0.4) is 0 Å². The van der Waals surface area contributed by atoms with Crippen molar-refractivity contribution in [3.8, 4) is 28.4 Å². The Morgan fingerprint density at radius 1 is 1.00 bits per heavy atom. The third-order valence-corrected chi connectivity index (χ3v) is 9.61. The lowest BCUT2D eigenvalue weighted by Crippen LogP contribution is -2.45. The monoisotopic (exact) mass is 778 g/mol. The molecule has 1 aliphatic heterocycles. The van der Waals surface area contributed by atoms with Crippen LogP contribution < -0.4 is 19.5 Å². The molecule has 1 aliphatic carbocycles. The zero-order valence-corrected chi connectivity index (χ0v) is 30.8. The largest absolute Gasteiger partial charge is 0.494 e. The topological polar surface area (TPSA) is 194 Å². The van der Waals surface area contributed by atoms with Gasteiger partial charge < -0.3 is 34.7 Å². The number of oxime groups is 1. The Morgan fingerprint density at radius 2 is 1.80 bits per heavy atom. The number of nitrogens with zero attached hydrogens (tertiary/aromatic N) is 2. The van der Waals surface area contributed by atoms with Crippen LogP contribution in [0.2, 0.25) is 5.02 Å². The number of hydrogen-bond donors (Lipinski definition) is 6. The molecule has 1 fully saturated rings. The smallest absolute Gasteiger partial charge is 0.323 e. The molecule has 2 unspecified atom stereocenters. The summed E-state index contributed by atoms with van der Waals surface area (Å²) in [5.41, 5.74) is 2.33. The number of ether oxygens (including phenoxy) is 3. The number of aliphatic hydroxyl groups excluding tert-OH is 1. The Bertz CT molecular complexity index is 1950. The van der Waals surface area contributed by atoms with Crippen LogP contribution in [0.4, 0.5) is 4.39 Å². The number of allylic oxidation sites excluding steroid dienone is 2. The minimum absolute atomic E-state index is 0.0146. The van der Waals surface area contributed by atoms with E-state index in [0.29, 0.717) is 47.6 Å². The van der Waals surface area contributed by atoms with E-state index < -0.39 is 36.4 Å². The lowest BCUT2D eigenvalue weighted by molar-refractivity contribution is -0.144. The average molecular weight is 779 g/mol. The van der Waals surface area contributed by atoms with E-state index in [4.69, 9.17) is 36.4 Å². The number of aliphatic hydroxyl groups is 1. The number of likely N-dealkylation sites (tertiary alicyclic amines) is 1. The fourth-order valence-corrected chi connectivity index (χ4v) is 6.55. The van der Waals surface area contributed by atoms with Crippen molar-refractivity contribution in [2.45, 2.75) is 57.3 Å². The van der Waals surface area contributed by atoms with Crippen LogP contribution in [0.5, 0.6) is 17.2 Å². The predicted molar refractivity (Wildman–Crippen MR) is 204 cm³/mol. The first-order chi connectivity index (χ1) is 26.6. The summed E-state index contributed by atoms with van der Waals surface area (Å²) in [7, 11) is 0. The van der Waals surface area contributed by atoms with E-state index in [0.717, 1.165) is 32.2 Å². The summed E-state index contributed by atoms with van der Waals surface area (Å²) in [6, 6.07) is 13.5. The van der Waals surface area contributed by atoms with Crippen molar-refractivity contribution in [2.75, 3.05) is 32.9 Å². The minimum atomic E-state index is -1.24. The molecule has 15 heteroatoms. The van der Waals surface area contributed by atoms with E-state index in [-0.39, 0.29) is 53.3 Å². The van der Waals surface area contributed by atoms with Crippen molar-refractivity contribution in [3.63, 3.8) is 0 Å². The normalized spacial score (nSPS) is 17.1. The van der Waals surface area contributed by atoms with Crippen LogP contribution in [0.1, 0.15) is 43.2 Å². The van der Waals surface area contributed by atoms with Gasteiger partial charge in [-0.1, -0.05) is 59.6 Å². The molecule has 0 aromatic heterocycles. The van der Waals surface area contributed by atoms with Gasteiger partial charge in [0.15, 0.2) is 0 Å². The molecule has 3 aromatic carbocycles. The number of unbranched alkanes of at least 4 members (excludes halogenated alkanes) is 1. The van der Waals surface area contributed by atoms with Gasteiger partial charge in [0.25, 0.3) is 0 Å². The molecule has 2 aliphatic rings. The van der Waals surface area contributed by atoms with E-state index in [2.05, 4.69) is 10.5 Å². The van der Waals surface area contributed by atoms with Crippen molar-refractivity contribution in [3.05, 3.63) is 100 Å². The van der Waals surface area contributed by atoms with Gasteiger partial charge in [0.1, 0.15) is 54.1 Å². The standard InChI is InChI=1S/C40H44ClFN4O9/c41-31-19-28(21-44-34(22-47)39(48)49)36(54-23-25-12-13-33(45-52)32(43)17-25)20-37(31)55-24-27-8-6-10-30(38(27)42)26-7-5-9-29(18-26)53-16-4-3-15-46-14-2-1-11-35(46)40(50)51/h5-10,12-13,17-20,34-35,43-44,47,52H,1-4,11,14-16,21-24H2,(H,48,49)(H,50,51)/b43-32?,45-33-. The third kappa shape index (κ3) is 11.1. The maximum absolute atomic E-state index is 16.0. The SMILES string of the molecule is N=C1C=C(COc2cc(OCc3cccc(-c4cccc(OCCCCN5CCCCC5C(=O)O)c4)c3F)c(Cl)cc2CNC(CO)C(=O)O)C=C/C1=N/O. The van der Waals surface area contributed by atoms with Gasteiger partial charge in [-0.3, -0.25) is 25.2 Å². The molecule has 1 heterocycles. The Labute approximate surface area is 322 Å². The molecule has 0 saturated carbocycles. The summed E-state index contributed by atoms with van der Waals surface area (Å²) in [4.78, 5) is 25.1. The van der Waals surface area contributed by atoms with Crippen molar-refractivity contribution in [2.24, 2.45) is 5.16 Å². The van der Waals surface area contributed by atoms with Crippen molar-refractivity contribution in [1.82, 2.24) is 10.2 Å². The third-order valence-electron chi connectivity index (χ3n) is 9.31. The van der Waals surface area contributed by atoms with Crippen LogP contribution in [0.15, 0.2) is 83.6 Å². The van der Waals surface area contributed by atoms with Gasteiger partial charge >= 0.3 is 11.9 Å². The van der Waals surface area contributed by atoms with E-state index in [1.165, 1.54) is 24.3 Å². The highest BCUT2D eigenvalue weighted by molar-refractivity contribution is 6.50. The van der Waals surface area contributed by atoms with Crippen LogP contribution >= 0.6 is 11.6 Å². The van der Waals surface area contributed by atoms with Crippen molar-refractivity contribution in [1.29, 1.82) is 5.41 Å². The molecule has 55 heavy (non-hydrogen) atoms. The number of nitrogens with one attached hydrogen (secondary N) is 2. The number of carboxylic acid groups (broad SMARTS) is 2. The number of carbonyl (C=O) groups is 2. The predicted octanol–water partition coefficient (Wildman–Crippen LogP) is 6.08. The van der Waals surface area contributed by atoms with E-state index in [1.807, 2.05) is 4.90 Å². The molecular weight excluding hydrogens is 735 g/mol. The first-order valence-corrected chi connectivity index (χ1v) is 18.3. The first-order valence-electron chi connectivity index (χ1n) is 17.9. The zero-order valence-electron chi connectivity index (χ0n) is 30.0. The molecular formula is C40H44ClFN4O9. The summed E-state index contributed by atoms with van der Waals surface area (Å²) in [6.07, 6.45) is 8.72. The second kappa shape index (κ2) is 19.9. The second-order valence-corrected chi connectivity index (χ2v) is 13.5. The Balaban J connectivity index is 1.24. The quantitative estimate of drug-likeness (QED) is 0.0357. The summed E-state index contributed by atoms with van der Waals surface area (Å²) in [5, 5.41) is 51.3. The second-order valence-electron chi connectivity index (χ2n) is 13.1. The molecule has 1 saturated heterocycles. The number of halogens is 2. The maximum atomic E-state index is 16.0. The lowest BCUT2D eigenvalue weighted by Gasteiger charge is -2.32. The number of piperidine rings is 1. The van der Waals surface area contributed by atoms with Crippen LogP contribution in [-0.4, -0.2) is 93.8 Å². The highest BCUT2D eigenvalue weighted by Gasteiger charge is 2.27. The minimum Gasteiger partial charge on any atom is -0.494 e. The number of carboxylic acids is 2. The van der Waals surface area contributed by atoms with Crippen LogP contribution in [0.25, 0.3) is 11.1 Å². The Hall–Kier alpha value is -5.28. The average Bonchev–Trinajstić information content (AvgIpc) is 3.17. The number of rotatable bonds is 19. The van der Waals surface area contributed by atoms with Crippen molar-refractivity contribution >= 4 is 35.0 Å². The van der Waals surface area contributed by atoms with Gasteiger partial charge in [0.2, 0.25) is 0 Å². The summed E-state index contributed by atoms with van der Waals surface area (Å²) >= 11 is 6.59. The van der Waals surface area contributed by atoms with Gasteiger partial charge in [-0.15, -0.1) is 0 Å². The van der Waals surface area contributed by atoms with E-state index in [1.54, 1.807) is 48.5 Å². The molecule has 292 valence electrons. The van der Waals surface area contributed by atoms with Gasteiger partial charge in [0.05, 0.1) is 23.9 Å². The number of hydrogen-bond acceptors (Lipinski definition) is 11. The van der Waals surface area contributed by atoms with E-state index in [9.17, 15) is 24.9 Å². The summed E-state index contributed by atoms with van der Waals surface area (Å²) in [5.74, 6) is -1.48. The fourth-order valence-electron chi connectivity index (χ4n) is 6.31. The van der Waals surface area contributed by atoms with Crippen LogP contribution in [-0.2, 0) is 22.7 Å². The van der Waals surface area contributed by atoms with Gasteiger partial charge in [-0.05, 0) is 80.3 Å². The Morgan fingerprint density at radius 3 is 2.55 bits per heavy atom. The molecule has 0 spiro atoms. The van der Waals surface area contributed by atoms with Gasteiger partial charge in [-0.2, -0.15) is 0 Å². The molecule has 3 aromatic rings. The van der Waals surface area contributed by atoms with Crippen molar-refractivity contribution < 1.29 is 48.7 Å². The molecule has 13 nitrogen and oxygen atoms in total. The van der Waals surface area contributed by atoms with E-state index >= 15 is 4.39 Å². The number of benzene rings is 3. The Kier molecular flexibility index (Phi) is 14.8. The summed E-state index contributed by atoms with van der Waals surface area (Å²) < 4.78 is 34.0. The number of aliphatic carboxylic acids is 2. The molecule has 2 atom stereocenters. The van der Waals surface area contributed by atoms with Gasteiger partial charge in [0, 0.05) is 29.3 Å². The molecule has 0 bridgehead atoms. The fraction of sp³-hybridized carbons (Fsp3) is 0.350. The highest BCUT2D eigenvalue weighted by Crippen LogP contribution is 2.35. The van der Waals surface area contributed by atoms with Gasteiger partial charge in [-0.25, -0.2) is 4.39 Å². The van der Waals surface area contributed by atoms with Crippen LogP contribution in [0, 0.1) is 11.2 Å². The molecule has 0 amide bonds. The zero-order chi connectivity index (χ0) is 39.3. The highest BCUT2D eigenvalue weighted by atomic mass is 35.5. The molecule has 5 rings (SSSR count). The maximum Gasteiger partial charge on any atom is 0.323 e. The molecule has 6 N–H and O–H groups in total. The lowest BCUT2D eigenvalue weighted by atomic mass is 10.0. The molecule has 0 radical (unpaired) electrons. The first kappa shape index (κ1) is 40.9.